The molecule has 0 N–H and O–H groups in total. The van der Waals surface area contributed by atoms with Crippen LogP contribution in [0.2, 0.25) is 0 Å². The monoisotopic (exact) mass is 312 g/mol. The molecule has 0 amide bonds. The van der Waals surface area contributed by atoms with E-state index in [0.717, 1.165) is 64.4 Å². The van der Waals surface area contributed by atoms with Gasteiger partial charge in [0.25, 0.3) is 0 Å². The normalized spacial score (nSPS) is 36.7. The van der Waals surface area contributed by atoms with Crippen LogP contribution in [-0.4, -0.2) is 37.9 Å². The number of esters is 1. The van der Waals surface area contributed by atoms with E-state index in [1.54, 1.807) is 0 Å². The van der Waals surface area contributed by atoms with Crippen molar-refractivity contribution in [2.24, 2.45) is 5.92 Å². The molecule has 1 saturated carbocycles. The molecule has 0 aromatic rings. The molecule has 126 valence electrons. The number of rotatable bonds is 4. The molecule has 2 heterocycles. The molecule has 0 aromatic carbocycles. The van der Waals surface area contributed by atoms with Gasteiger partial charge in [-0.15, -0.1) is 0 Å². The fraction of sp³-hybridized carbons (Fsp3) is 0.941. The maximum absolute atomic E-state index is 12.2. The molecule has 0 spiro atoms. The Balaban J connectivity index is 1.36. The quantitative estimate of drug-likeness (QED) is 0.746. The number of carbonyl (C=O) groups excluding carboxylic acids is 1. The first-order valence-electron chi connectivity index (χ1n) is 8.90. The van der Waals surface area contributed by atoms with Gasteiger partial charge in [-0.1, -0.05) is 0 Å². The highest BCUT2D eigenvalue weighted by atomic mass is 16.7. The molecular formula is C17H28O5. The van der Waals surface area contributed by atoms with Crippen LogP contribution in [0.15, 0.2) is 0 Å². The van der Waals surface area contributed by atoms with Crippen LogP contribution in [0.4, 0.5) is 0 Å². The second kappa shape index (κ2) is 8.27. The summed E-state index contributed by atoms with van der Waals surface area (Å²) in [7, 11) is 0. The van der Waals surface area contributed by atoms with Gasteiger partial charge in [0.05, 0.1) is 18.6 Å². The third kappa shape index (κ3) is 4.67. The molecule has 2 aliphatic heterocycles. The van der Waals surface area contributed by atoms with Crippen LogP contribution in [0.5, 0.6) is 0 Å². The van der Waals surface area contributed by atoms with E-state index in [0.29, 0.717) is 6.61 Å². The van der Waals surface area contributed by atoms with Crippen LogP contribution in [0.25, 0.3) is 0 Å². The SMILES string of the molecule is O=C(O[C@@H]1CCCCO1)C1CCC(O[C@H]2CCCCO2)CC1. The van der Waals surface area contributed by atoms with Crippen molar-refractivity contribution in [1.82, 2.24) is 0 Å². The molecule has 3 rings (SSSR count). The first kappa shape index (κ1) is 16.2. The number of carbonyl (C=O) groups is 1. The Labute approximate surface area is 132 Å². The summed E-state index contributed by atoms with van der Waals surface area (Å²) in [4.78, 5) is 12.2. The lowest BCUT2D eigenvalue weighted by Gasteiger charge is -2.32. The Morgan fingerprint density at radius 2 is 1.41 bits per heavy atom. The van der Waals surface area contributed by atoms with Crippen LogP contribution < -0.4 is 0 Å². The van der Waals surface area contributed by atoms with Gasteiger partial charge < -0.3 is 18.9 Å². The van der Waals surface area contributed by atoms with Crippen LogP contribution >= 0.6 is 0 Å². The van der Waals surface area contributed by atoms with E-state index in [1.807, 2.05) is 0 Å². The maximum Gasteiger partial charge on any atom is 0.311 e. The van der Waals surface area contributed by atoms with Gasteiger partial charge >= 0.3 is 5.97 Å². The Morgan fingerprint density at radius 3 is 2.00 bits per heavy atom. The Hall–Kier alpha value is -0.650. The topological polar surface area (TPSA) is 54.0 Å². The van der Waals surface area contributed by atoms with E-state index >= 15 is 0 Å². The first-order chi connectivity index (χ1) is 10.8. The van der Waals surface area contributed by atoms with Crippen molar-refractivity contribution in [2.75, 3.05) is 13.2 Å². The van der Waals surface area contributed by atoms with Gasteiger partial charge in [-0.2, -0.15) is 0 Å². The molecule has 2 saturated heterocycles. The highest BCUT2D eigenvalue weighted by molar-refractivity contribution is 5.72. The zero-order valence-electron chi connectivity index (χ0n) is 13.3. The molecule has 22 heavy (non-hydrogen) atoms. The van der Waals surface area contributed by atoms with Crippen molar-refractivity contribution in [1.29, 1.82) is 0 Å². The summed E-state index contributed by atoms with van der Waals surface area (Å²) in [5.41, 5.74) is 0. The lowest BCUT2D eigenvalue weighted by molar-refractivity contribution is -0.201. The maximum atomic E-state index is 12.2. The minimum Gasteiger partial charge on any atom is -0.436 e. The summed E-state index contributed by atoms with van der Waals surface area (Å²) >= 11 is 0. The van der Waals surface area contributed by atoms with E-state index in [-0.39, 0.29) is 30.6 Å². The Kier molecular flexibility index (Phi) is 6.10. The largest absolute Gasteiger partial charge is 0.436 e. The average molecular weight is 312 g/mol. The average Bonchev–Trinajstić information content (AvgIpc) is 2.57. The van der Waals surface area contributed by atoms with Gasteiger partial charge in [-0.25, -0.2) is 0 Å². The predicted molar refractivity (Wildman–Crippen MR) is 80.1 cm³/mol. The van der Waals surface area contributed by atoms with Gasteiger partial charge in [0.1, 0.15) is 0 Å². The van der Waals surface area contributed by atoms with Gasteiger partial charge in [-0.05, 0) is 57.8 Å². The van der Waals surface area contributed by atoms with E-state index in [2.05, 4.69) is 0 Å². The third-order valence-electron chi connectivity index (χ3n) is 4.88. The van der Waals surface area contributed by atoms with Crippen molar-refractivity contribution >= 4 is 5.97 Å². The number of hydrogen-bond acceptors (Lipinski definition) is 5. The van der Waals surface area contributed by atoms with Crippen molar-refractivity contribution in [3.05, 3.63) is 0 Å². The fourth-order valence-electron chi connectivity index (χ4n) is 3.50. The standard InChI is InChI=1S/C17H28O5/c18-17(22-16-6-2-4-12-20-16)13-7-9-14(10-8-13)21-15-5-1-3-11-19-15/h13-16H,1-12H2/t13?,14?,15-,16+/m0/s1. The van der Waals surface area contributed by atoms with Crippen LogP contribution in [0, 0.1) is 5.92 Å². The van der Waals surface area contributed by atoms with Gasteiger partial charge in [-0.3, -0.25) is 4.79 Å². The molecule has 1 aliphatic carbocycles. The molecule has 0 unspecified atom stereocenters. The summed E-state index contributed by atoms with van der Waals surface area (Å²) in [6.45, 7) is 1.52. The summed E-state index contributed by atoms with van der Waals surface area (Å²) in [5.74, 6) is -0.0723. The van der Waals surface area contributed by atoms with E-state index in [9.17, 15) is 4.79 Å². The zero-order chi connectivity index (χ0) is 15.2. The second-order valence-corrected chi connectivity index (χ2v) is 6.64. The Morgan fingerprint density at radius 1 is 0.773 bits per heavy atom. The number of ether oxygens (including phenoxy) is 4. The third-order valence-corrected chi connectivity index (χ3v) is 4.88. The van der Waals surface area contributed by atoms with Crippen LogP contribution in [0.3, 0.4) is 0 Å². The lowest BCUT2D eigenvalue weighted by Crippen LogP contribution is -2.34. The van der Waals surface area contributed by atoms with E-state index < -0.39 is 0 Å². The highest BCUT2D eigenvalue weighted by Gasteiger charge is 2.31. The molecule has 0 bridgehead atoms. The summed E-state index contributed by atoms with van der Waals surface area (Å²) in [5, 5.41) is 0. The molecular weight excluding hydrogens is 284 g/mol. The summed E-state index contributed by atoms with van der Waals surface area (Å²) in [6.07, 6.45) is 9.75. The summed E-state index contributed by atoms with van der Waals surface area (Å²) < 4.78 is 22.6. The number of hydrogen-bond donors (Lipinski definition) is 0. The predicted octanol–water partition coefficient (Wildman–Crippen LogP) is 3.16. The molecule has 3 aliphatic rings. The minimum atomic E-state index is -0.314. The van der Waals surface area contributed by atoms with E-state index in [4.69, 9.17) is 18.9 Å². The van der Waals surface area contributed by atoms with Crippen molar-refractivity contribution in [3.63, 3.8) is 0 Å². The van der Waals surface area contributed by atoms with Crippen molar-refractivity contribution < 1.29 is 23.7 Å². The van der Waals surface area contributed by atoms with Crippen molar-refractivity contribution in [3.8, 4) is 0 Å². The lowest BCUT2D eigenvalue weighted by atomic mass is 9.87. The molecule has 3 fully saturated rings. The first-order valence-corrected chi connectivity index (χ1v) is 8.90. The highest BCUT2D eigenvalue weighted by Crippen LogP contribution is 2.30. The molecule has 0 radical (unpaired) electrons. The van der Waals surface area contributed by atoms with E-state index in [1.165, 1.54) is 6.42 Å². The molecule has 0 aromatic heterocycles. The zero-order valence-corrected chi connectivity index (χ0v) is 13.3. The van der Waals surface area contributed by atoms with Gasteiger partial charge in [0.15, 0.2) is 6.29 Å². The van der Waals surface area contributed by atoms with Crippen LogP contribution in [0.1, 0.15) is 64.2 Å². The van der Waals surface area contributed by atoms with Gasteiger partial charge in [0.2, 0.25) is 6.29 Å². The van der Waals surface area contributed by atoms with Crippen LogP contribution in [-0.2, 0) is 23.7 Å². The van der Waals surface area contributed by atoms with Crippen molar-refractivity contribution in [2.45, 2.75) is 82.9 Å². The fourth-order valence-corrected chi connectivity index (χ4v) is 3.50. The summed E-state index contributed by atoms with van der Waals surface area (Å²) in [6, 6.07) is 0. The molecule has 2 atom stereocenters. The smallest absolute Gasteiger partial charge is 0.311 e. The molecule has 5 heteroatoms. The second-order valence-electron chi connectivity index (χ2n) is 6.64. The minimum absolute atomic E-state index is 0.0117. The Bertz CT molecular complexity index is 339. The molecule has 5 nitrogen and oxygen atoms in total. The van der Waals surface area contributed by atoms with Gasteiger partial charge in [0, 0.05) is 13.0 Å².